The number of para-hydroxylation sites is 1. The van der Waals surface area contributed by atoms with E-state index in [0.29, 0.717) is 17.0 Å². The zero-order chi connectivity index (χ0) is 31.7. The molecule has 1 saturated carbocycles. The number of benzene rings is 3. The molecule has 45 heavy (non-hydrogen) atoms. The Morgan fingerprint density at radius 3 is 2.27 bits per heavy atom. The molecule has 0 spiro atoms. The summed E-state index contributed by atoms with van der Waals surface area (Å²) in [5, 5.41) is 11.4. The number of hydrogen-bond acceptors (Lipinski definition) is 6. The van der Waals surface area contributed by atoms with E-state index >= 15 is 0 Å². The molecule has 4 aromatic rings. The van der Waals surface area contributed by atoms with E-state index in [-0.39, 0.29) is 36.3 Å². The number of carbonyl (C=O) groups excluding carboxylic acids is 2. The van der Waals surface area contributed by atoms with E-state index in [4.69, 9.17) is 27.9 Å². The second kappa shape index (κ2) is 10.8. The highest BCUT2D eigenvalue weighted by atomic mass is 79.9. The summed E-state index contributed by atoms with van der Waals surface area (Å²) in [4.78, 5) is 52.1. The number of amides is 2. The van der Waals surface area contributed by atoms with Crippen LogP contribution >= 0.6 is 39.1 Å². The Morgan fingerprint density at radius 1 is 0.911 bits per heavy atom. The molecule has 7 rings (SSSR count). The molecule has 1 saturated heterocycles. The van der Waals surface area contributed by atoms with E-state index in [1.807, 2.05) is 30.3 Å². The number of aromatic nitrogens is 3. The lowest BCUT2D eigenvalue weighted by Gasteiger charge is -2.49. The van der Waals surface area contributed by atoms with Gasteiger partial charge in [0.2, 0.25) is 0 Å². The first kappa shape index (κ1) is 29.6. The highest BCUT2D eigenvalue weighted by molar-refractivity contribution is 9.09. The average Bonchev–Trinajstić information content (AvgIpc) is 3.39. The van der Waals surface area contributed by atoms with Crippen molar-refractivity contribution in [2.24, 2.45) is 0 Å². The molecular weight excluding hydrogens is 687 g/mol. The minimum absolute atomic E-state index is 0.0121. The minimum Gasteiger partial charge on any atom is -0.508 e. The van der Waals surface area contributed by atoms with Crippen LogP contribution in [0.1, 0.15) is 29.5 Å². The Morgan fingerprint density at radius 2 is 1.60 bits per heavy atom. The van der Waals surface area contributed by atoms with Crippen molar-refractivity contribution in [1.82, 2.24) is 18.8 Å². The number of halogens is 3. The van der Waals surface area contributed by atoms with Gasteiger partial charge in [-0.05, 0) is 29.3 Å². The van der Waals surface area contributed by atoms with Gasteiger partial charge in [0, 0.05) is 24.0 Å². The molecule has 10 nitrogen and oxygen atoms in total. The summed E-state index contributed by atoms with van der Waals surface area (Å²) < 4.78 is 9.51. The van der Waals surface area contributed by atoms with Crippen LogP contribution < -0.4 is 16.1 Å². The summed E-state index contributed by atoms with van der Waals surface area (Å²) in [6, 6.07) is 21.7. The van der Waals surface area contributed by atoms with Gasteiger partial charge in [0.05, 0.1) is 23.7 Å². The molecule has 0 radical (unpaired) electrons. The molecule has 2 aliphatic heterocycles. The number of imide groups is 1. The standard InChI is InChI=1S/C32H25BrCl2N4O6/c33-18-36-27(41)31(34)16-24-22(13-14-37-29(43)38(30(44)39(24)37)20-9-5-2-6-10-20)26(32(31,35)28(36)42)23-12-11-21(15-25(23)40)45-17-19-7-3-1-4-8-19/h1-13,15,24,26,40H,14,16-18H2/t24-,26-,31-,32+/m1/s1. The van der Waals surface area contributed by atoms with Crippen LogP contribution in [-0.2, 0) is 22.7 Å². The van der Waals surface area contributed by atoms with Crippen molar-refractivity contribution >= 4 is 50.9 Å². The molecule has 2 fully saturated rings. The number of hydrogen-bond donors (Lipinski definition) is 1. The van der Waals surface area contributed by atoms with Gasteiger partial charge in [0.25, 0.3) is 11.8 Å². The monoisotopic (exact) mass is 710 g/mol. The maximum Gasteiger partial charge on any atom is 0.352 e. The highest BCUT2D eigenvalue weighted by Crippen LogP contribution is 2.64. The van der Waals surface area contributed by atoms with Gasteiger partial charge in [-0.2, -0.15) is 0 Å². The van der Waals surface area contributed by atoms with Crippen molar-refractivity contribution < 1.29 is 19.4 Å². The number of likely N-dealkylation sites (tertiary alicyclic amines) is 1. The van der Waals surface area contributed by atoms with E-state index in [1.165, 1.54) is 15.4 Å². The number of rotatable bonds is 6. The Balaban J connectivity index is 1.37. The second-order valence-corrected chi connectivity index (χ2v) is 12.9. The van der Waals surface area contributed by atoms with Crippen LogP contribution in [0.5, 0.6) is 11.5 Å². The van der Waals surface area contributed by atoms with Crippen LogP contribution in [0.3, 0.4) is 0 Å². The van der Waals surface area contributed by atoms with Crippen LogP contribution in [0.4, 0.5) is 0 Å². The van der Waals surface area contributed by atoms with Crippen molar-refractivity contribution in [1.29, 1.82) is 0 Å². The van der Waals surface area contributed by atoms with Crippen LogP contribution in [0, 0.1) is 0 Å². The Kier molecular flexibility index (Phi) is 7.10. The van der Waals surface area contributed by atoms with Gasteiger partial charge in [0.1, 0.15) is 18.1 Å². The number of alkyl halides is 3. The number of phenolic OH excluding ortho intramolecular Hbond substituents is 1. The van der Waals surface area contributed by atoms with E-state index in [0.717, 1.165) is 15.0 Å². The van der Waals surface area contributed by atoms with Crippen molar-refractivity contribution in [3.8, 4) is 17.2 Å². The zero-order valence-electron chi connectivity index (χ0n) is 23.5. The quantitative estimate of drug-likeness (QED) is 0.137. The average molecular weight is 712 g/mol. The molecule has 0 unspecified atom stereocenters. The highest BCUT2D eigenvalue weighted by Gasteiger charge is 2.75. The fraction of sp³-hybridized carbons (Fsp3) is 0.250. The number of phenols is 1. The summed E-state index contributed by atoms with van der Waals surface area (Å²) in [5.41, 5.74) is 0.663. The molecule has 4 atom stereocenters. The van der Waals surface area contributed by atoms with E-state index in [1.54, 1.807) is 48.5 Å². The Hall–Kier alpha value is -4.06. The van der Waals surface area contributed by atoms with Crippen LogP contribution in [0.2, 0.25) is 0 Å². The zero-order valence-corrected chi connectivity index (χ0v) is 26.6. The fourth-order valence-corrected chi connectivity index (χ4v) is 8.15. The Labute approximate surface area is 274 Å². The molecule has 1 aromatic heterocycles. The van der Waals surface area contributed by atoms with Gasteiger partial charge in [-0.15, -0.1) is 23.2 Å². The number of allylic oxidation sites excluding steroid dienone is 2. The van der Waals surface area contributed by atoms with Crippen LogP contribution in [0.25, 0.3) is 5.69 Å². The van der Waals surface area contributed by atoms with E-state index in [9.17, 15) is 24.3 Å². The minimum atomic E-state index is -2.06. The van der Waals surface area contributed by atoms with Crippen LogP contribution in [0.15, 0.2) is 100 Å². The predicted octanol–water partition coefficient (Wildman–Crippen LogP) is 4.43. The third-order valence-corrected chi connectivity index (χ3v) is 10.8. The number of aromatic hydroxyl groups is 1. The molecule has 3 aromatic carbocycles. The van der Waals surface area contributed by atoms with Gasteiger partial charge in [0.15, 0.2) is 9.75 Å². The summed E-state index contributed by atoms with van der Waals surface area (Å²) in [6.45, 7) is 0.244. The van der Waals surface area contributed by atoms with E-state index < -0.39 is 44.9 Å². The third-order valence-electron chi connectivity index (χ3n) is 8.86. The lowest BCUT2D eigenvalue weighted by molar-refractivity contribution is -0.138. The largest absolute Gasteiger partial charge is 0.508 e. The van der Waals surface area contributed by atoms with Crippen molar-refractivity contribution in [3.63, 3.8) is 0 Å². The topological polar surface area (TPSA) is 116 Å². The molecule has 3 aliphatic rings. The van der Waals surface area contributed by atoms with E-state index in [2.05, 4.69) is 15.9 Å². The molecule has 13 heteroatoms. The van der Waals surface area contributed by atoms with Gasteiger partial charge in [-0.3, -0.25) is 14.5 Å². The molecular formula is C32H25BrCl2N4O6. The maximum atomic E-state index is 14.0. The Bertz CT molecular complexity index is 2010. The summed E-state index contributed by atoms with van der Waals surface area (Å²) in [5.74, 6) is -2.48. The van der Waals surface area contributed by atoms with Crippen molar-refractivity contribution in [2.75, 3.05) is 5.45 Å². The first-order valence-electron chi connectivity index (χ1n) is 14.1. The molecule has 3 heterocycles. The molecule has 2 amide bonds. The summed E-state index contributed by atoms with van der Waals surface area (Å²) in [7, 11) is 0. The molecule has 230 valence electrons. The van der Waals surface area contributed by atoms with Gasteiger partial charge in [-0.25, -0.2) is 23.5 Å². The van der Waals surface area contributed by atoms with Gasteiger partial charge >= 0.3 is 11.4 Å². The summed E-state index contributed by atoms with van der Waals surface area (Å²) >= 11 is 17.7. The van der Waals surface area contributed by atoms with Crippen LogP contribution in [-0.4, -0.2) is 51.0 Å². The van der Waals surface area contributed by atoms with Crippen molar-refractivity contribution in [3.05, 3.63) is 123 Å². The number of carbonyl (C=O) groups is 2. The van der Waals surface area contributed by atoms with Crippen molar-refractivity contribution in [2.45, 2.75) is 41.3 Å². The van der Waals surface area contributed by atoms with Gasteiger partial charge < -0.3 is 9.84 Å². The molecule has 1 aliphatic carbocycles. The first-order valence-corrected chi connectivity index (χ1v) is 16.0. The molecule has 1 N–H and O–H groups in total. The third kappa shape index (κ3) is 4.20. The van der Waals surface area contributed by atoms with Gasteiger partial charge in [-0.1, -0.05) is 76.6 Å². The lowest BCUT2D eigenvalue weighted by atomic mass is 9.64. The summed E-state index contributed by atoms with van der Waals surface area (Å²) in [6.07, 6.45) is 1.48. The first-order chi connectivity index (χ1) is 21.6. The second-order valence-electron chi connectivity index (χ2n) is 11.2. The predicted molar refractivity (Wildman–Crippen MR) is 170 cm³/mol. The number of fused-ring (bicyclic) bond motifs is 4. The lowest BCUT2D eigenvalue weighted by Crippen LogP contribution is -2.59. The normalized spacial score (nSPS) is 25.4. The number of ether oxygens (including phenoxy) is 1. The smallest absolute Gasteiger partial charge is 0.352 e. The number of nitrogens with zero attached hydrogens (tertiary/aromatic N) is 4. The fourth-order valence-electron chi connectivity index (χ4n) is 6.76. The SMILES string of the molecule is O=C1N(CBr)C(=O)[C@@]2(Cl)[C@@H](c3ccc(OCc4ccccc4)cc3O)C3=CCn4c(=O)n(-c5ccccc5)c(=O)n4[C@@H]3C[C@@]12Cl. The maximum absolute atomic E-state index is 14.0. The molecule has 0 bridgehead atoms.